The fraction of sp³-hybridized carbons (Fsp3) is 0.562. The van der Waals surface area contributed by atoms with Crippen LogP contribution in [0, 0.1) is 5.41 Å². The highest BCUT2D eigenvalue weighted by molar-refractivity contribution is 7.92. The Balaban J connectivity index is 1.94. The van der Waals surface area contributed by atoms with Gasteiger partial charge >= 0.3 is 0 Å². The first-order valence-corrected chi connectivity index (χ1v) is 9.80. The van der Waals surface area contributed by atoms with E-state index < -0.39 is 20.5 Å². The number of hydrogen-bond acceptors (Lipinski definition) is 4. The summed E-state index contributed by atoms with van der Waals surface area (Å²) in [5, 5.41) is 6.16. The summed E-state index contributed by atoms with van der Waals surface area (Å²) >= 11 is 5.88. The third-order valence-corrected chi connectivity index (χ3v) is 6.72. The molecule has 1 fully saturated rings. The van der Waals surface area contributed by atoms with Crippen molar-refractivity contribution in [2.75, 3.05) is 25.4 Å². The summed E-state index contributed by atoms with van der Waals surface area (Å²) in [5.74, 6) is -0.119. The van der Waals surface area contributed by atoms with E-state index in [4.69, 9.17) is 11.6 Å². The molecule has 23 heavy (non-hydrogen) atoms. The molecule has 0 radical (unpaired) electrons. The predicted octanol–water partition coefficient (Wildman–Crippen LogP) is 1.41. The second kappa shape index (κ2) is 7.20. The first-order chi connectivity index (χ1) is 10.8. The van der Waals surface area contributed by atoms with Crippen molar-refractivity contribution in [2.45, 2.75) is 25.5 Å². The predicted molar refractivity (Wildman–Crippen MR) is 92.4 cm³/mol. The second-order valence-electron chi connectivity index (χ2n) is 6.36. The third kappa shape index (κ3) is 4.46. The van der Waals surface area contributed by atoms with Crippen molar-refractivity contribution in [3.8, 4) is 0 Å². The Labute approximate surface area is 142 Å². The lowest BCUT2D eigenvalue weighted by Crippen LogP contribution is -2.62. The molecule has 2 rings (SSSR count). The zero-order chi connectivity index (χ0) is 17.1. The highest BCUT2D eigenvalue weighted by Gasteiger charge is 2.44. The Hall–Kier alpha value is -1.11. The van der Waals surface area contributed by atoms with Gasteiger partial charge < -0.3 is 10.6 Å². The lowest BCUT2D eigenvalue weighted by Gasteiger charge is -2.41. The van der Waals surface area contributed by atoms with Crippen molar-refractivity contribution in [3.63, 3.8) is 0 Å². The molecule has 0 atom stereocenters. The monoisotopic (exact) mass is 358 g/mol. The molecule has 1 aromatic carbocycles. The molecule has 1 saturated heterocycles. The van der Waals surface area contributed by atoms with Gasteiger partial charge in [0.05, 0.1) is 16.4 Å². The molecule has 128 valence electrons. The van der Waals surface area contributed by atoms with E-state index in [-0.39, 0.29) is 18.2 Å². The number of halogens is 1. The van der Waals surface area contributed by atoms with Crippen LogP contribution >= 0.6 is 11.6 Å². The summed E-state index contributed by atoms with van der Waals surface area (Å²) in [4.78, 5) is 12.5. The Morgan fingerprint density at radius 3 is 2.39 bits per heavy atom. The Kier molecular flexibility index (Phi) is 5.70. The number of sulfone groups is 1. The molecular weight excluding hydrogens is 336 g/mol. The topological polar surface area (TPSA) is 75.3 Å². The van der Waals surface area contributed by atoms with Crippen molar-refractivity contribution < 1.29 is 13.2 Å². The number of benzene rings is 1. The lowest BCUT2D eigenvalue weighted by atomic mass is 9.75. The maximum atomic E-state index is 12.5. The zero-order valence-corrected chi connectivity index (χ0v) is 15.0. The Morgan fingerprint density at radius 1 is 1.30 bits per heavy atom. The molecule has 7 heteroatoms. The van der Waals surface area contributed by atoms with Crippen LogP contribution < -0.4 is 10.6 Å². The maximum absolute atomic E-state index is 12.5. The van der Waals surface area contributed by atoms with Crippen LogP contribution in [0.25, 0.3) is 0 Å². The van der Waals surface area contributed by atoms with Crippen LogP contribution in [0.3, 0.4) is 0 Å². The van der Waals surface area contributed by atoms with Gasteiger partial charge in [-0.15, -0.1) is 0 Å². The van der Waals surface area contributed by atoms with Gasteiger partial charge in [0.2, 0.25) is 5.91 Å². The summed E-state index contributed by atoms with van der Waals surface area (Å²) in [6.07, 6.45) is 0.611. The van der Waals surface area contributed by atoms with Crippen LogP contribution in [0.5, 0.6) is 0 Å². The molecule has 0 unspecified atom stereocenters. The summed E-state index contributed by atoms with van der Waals surface area (Å²) in [6, 6.07) is 7.45. The van der Waals surface area contributed by atoms with Crippen LogP contribution in [-0.2, 0) is 21.1 Å². The molecule has 0 spiro atoms. The molecule has 1 aliphatic rings. The van der Waals surface area contributed by atoms with Crippen molar-refractivity contribution in [1.29, 1.82) is 0 Å². The van der Waals surface area contributed by atoms with Crippen LogP contribution in [0.1, 0.15) is 19.4 Å². The minimum absolute atomic E-state index is 0.0269. The van der Waals surface area contributed by atoms with Gasteiger partial charge in [0, 0.05) is 24.7 Å². The minimum Gasteiger partial charge on any atom is -0.355 e. The van der Waals surface area contributed by atoms with Crippen LogP contribution in [0.15, 0.2) is 24.3 Å². The molecule has 0 aromatic heterocycles. The number of rotatable bonds is 7. The van der Waals surface area contributed by atoms with E-state index >= 15 is 0 Å². The average Bonchev–Trinajstić information content (AvgIpc) is 2.44. The Bertz CT molecular complexity index is 652. The minimum atomic E-state index is -3.14. The van der Waals surface area contributed by atoms with E-state index in [9.17, 15) is 13.2 Å². The molecule has 0 bridgehead atoms. The number of carbonyl (C=O) groups is 1. The lowest BCUT2D eigenvalue weighted by molar-refractivity contribution is -0.133. The second-order valence-corrected chi connectivity index (χ2v) is 9.47. The summed E-state index contributed by atoms with van der Waals surface area (Å²) < 4.78 is 23.6. The molecule has 0 saturated carbocycles. The molecule has 1 amide bonds. The third-order valence-electron chi connectivity index (χ3n) is 4.25. The van der Waals surface area contributed by atoms with Gasteiger partial charge in [-0.05, 0) is 38.0 Å². The van der Waals surface area contributed by atoms with Gasteiger partial charge in [-0.3, -0.25) is 4.79 Å². The van der Waals surface area contributed by atoms with E-state index in [0.29, 0.717) is 24.5 Å². The zero-order valence-electron chi connectivity index (χ0n) is 13.4. The maximum Gasteiger partial charge on any atom is 0.229 e. The van der Waals surface area contributed by atoms with Gasteiger partial charge in [-0.1, -0.05) is 23.7 Å². The largest absolute Gasteiger partial charge is 0.355 e. The van der Waals surface area contributed by atoms with Gasteiger partial charge in [0.15, 0.2) is 9.84 Å². The van der Waals surface area contributed by atoms with E-state index in [0.717, 1.165) is 5.56 Å². The van der Waals surface area contributed by atoms with E-state index in [1.165, 1.54) is 0 Å². The van der Waals surface area contributed by atoms with Crippen molar-refractivity contribution in [2.24, 2.45) is 5.41 Å². The molecule has 1 heterocycles. The van der Waals surface area contributed by atoms with E-state index in [1.807, 2.05) is 24.3 Å². The van der Waals surface area contributed by atoms with Crippen molar-refractivity contribution in [3.05, 3.63) is 34.9 Å². The highest BCUT2D eigenvalue weighted by atomic mass is 35.5. The van der Waals surface area contributed by atoms with Crippen LogP contribution in [-0.4, -0.2) is 45.0 Å². The summed E-state index contributed by atoms with van der Waals surface area (Å²) in [5.41, 5.74) is 0.538. The van der Waals surface area contributed by atoms with Crippen LogP contribution in [0.4, 0.5) is 0 Å². The van der Waals surface area contributed by atoms with Gasteiger partial charge in [0.25, 0.3) is 0 Å². The smallest absolute Gasteiger partial charge is 0.229 e. The van der Waals surface area contributed by atoms with Gasteiger partial charge in [-0.25, -0.2) is 8.42 Å². The number of hydrogen-bond donors (Lipinski definition) is 2. The van der Waals surface area contributed by atoms with Crippen molar-refractivity contribution >= 4 is 27.3 Å². The standard InChI is InChI=1S/C16H23ClN2O3S/c1-12(2)23(21,22)8-7-19-15(20)16(10-18-11-16)9-13-3-5-14(17)6-4-13/h3-6,12,18H,7-11H2,1-2H3,(H,19,20). The summed E-state index contributed by atoms with van der Waals surface area (Å²) in [7, 11) is -3.14. The first-order valence-electron chi connectivity index (χ1n) is 7.70. The fourth-order valence-corrected chi connectivity index (χ4v) is 3.50. The average molecular weight is 359 g/mol. The Morgan fingerprint density at radius 2 is 1.91 bits per heavy atom. The molecule has 2 N–H and O–H groups in total. The first kappa shape index (κ1) is 18.2. The number of nitrogens with one attached hydrogen (secondary N) is 2. The normalized spacial score (nSPS) is 16.9. The quantitative estimate of drug-likeness (QED) is 0.772. The van der Waals surface area contributed by atoms with E-state index in [1.54, 1.807) is 13.8 Å². The fourth-order valence-electron chi connectivity index (χ4n) is 2.52. The molecule has 0 aliphatic carbocycles. The molecular formula is C16H23ClN2O3S. The number of carbonyl (C=O) groups excluding carboxylic acids is 1. The van der Waals surface area contributed by atoms with Gasteiger partial charge in [0.1, 0.15) is 0 Å². The highest BCUT2D eigenvalue weighted by Crippen LogP contribution is 2.28. The molecule has 1 aromatic rings. The summed E-state index contributed by atoms with van der Waals surface area (Å²) in [6.45, 7) is 4.64. The molecule has 5 nitrogen and oxygen atoms in total. The van der Waals surface area contributed by atoms with Crippen molar-refractivity contribution in [1.82, 2.24) is 10.6 Å². The molecule has 1 aliphatic heterocycles. The van der Waals surface area contributed by atoms with E-state index in [2.05, 4.69) is 10.6 Å². The van der Waals surface area contributed by atoms with Crippen LogP contribution in [0.2, 0.25) is 5.02 Å². The number of amides is 1. The SMILES string of the molecule is CC(C)S(=O)(=O)CCNC(=O)C1(Cc2ccc(Cl)cc2)CNC1. The van der Waals surface area contributed by atoms with Gasteiger partial charge in [-0.2, -0.15) is 0 Å².